The van der Waals surface area contributed by atoms with Crippen LogP contribution in [-0.4, -0.2) is 53.4 Å². The van der Waals surface area contributed by atoms with Gasteiger partial charge < -0.3 is 15.0 Å². The van der Waals surface area contributed by atoms with Crippen molar-refractivity contribution in [2.24, 2.45) is 11.8 Å². The highest BCUT2D eigenvalue weighted by atomic mass is 19.1. The summed E-state index contributed by atoms with van der Waals surface area (Å²) in [7, 11) is 0. The standard InChI is InChI=1S/C30H27FN8O2/c1-3-28(40)38-13-19-9-18(10-20(19)14-38)23-4-5-24-29(36-23)30(34-15-32-24)37-25-8-17(2)26(12-22(25)31)41-21-6-7-39-27(11-21)33-16-35-39/h3-8,11-12,15-16,18-20H,1,9-10,13-14H2,2H3,(H,32,34,37). The van der Waals surface area contributed by atoms with E-state index in [1.807, 2.05) is 24.0 Å². The number of anilines is 2. The summed E-state index contributed by atoms with van der Waals surface area (Å²) < 4.78 is 22.9. The quantitative estimate of drug-likeness (QED) is 0.288. The molecule has 2 fully saturated rings. The number of nitrogens with zero attached hydrogens (tertiary/aromatic N) is 7. The van der Waals surface area contributed by atoms with Crippen molar-refractivity contribution in [2.75, 3.05) is 18.4 Å². The zero-order valence-electron chi connectivity index (χ0n) is 22.4. The van der Waals surface area contributed by atoms with E-state index in [0.29, 0.717) is 45.8 Å². The van der Waals surface area contributed by atoms with Crippen LogP contribution >= 0.6 is 0 Å². The summed E-state index contributed by atoms with van der Waals surface area (Å²) in [6.07, 6.45) is 7.97. The maximum atomic E-state index is 15.3. The van der Waals surface area contributed by atoms with Gasteiger partial charge in [-0.2, -0.15) is 5.10 Å². The number of likely N-dealkylation sites (tertiary alicyclic amines) is 1. The Balaban J connectivity index is 1.12. The second-order valence-electron chi connectivity index (χ2n) is 10.7. The molecule has 10 nitrogen and oxygen atoms in total. The lowest BCUT2D eigenvalue weighted by atomic mass is 10.0. The molecule has 1 amide bonds. The van der Waals surface area contributed by atoms with Crippen molar-refractivity contribution in [2.45, 2.75) is 25.7 Å². The maximum absolute atomic E-state index is 15.3. The number of benzene rings is 1. The number of hydrogen-bond donors (Lipinski definition) is 1. The van der Waals surface area contributed by atoms with Crippen LogP contribution in [0.2, 0.25) is 0 Å². The molecule has 0 bridgehead atoms. The number of ether oxygens (including phenoxy) is 1. The van der Waals surface area contributed by atoms with E-state index in [1.165, 1.54) is 24.8 Å². The third kappa shape index (κ3) is 4.62. The van der Waals surface area contributed by atoms with Crippen LogP contribution in [0.4, 0.5) is 15.9 Å². The molecule has 1 aliphatic carbocycles. The zero-order valence-corrected chi connectivity index (χ0v) is 22.4. The Bertz CT molecular complexity index is 1810. The summed E-state index contributed by atoms with van der Waals surface area (Å²) in [5.41, 5.74) is 3.86. The predicted molar refractivity (Wildman–Crippen MR) is 151 cm³/mol. The van der Waals surface area contributed by atoms with Gasteiger partial charge in [-0.3, -0.25) is 4.79 Å². The molecule has 2 aliphatic rings. The smallest absolute Gasteiger partial charge is 0.245 e. The van der Waals surface area contributed by atoms with E-state index >= 15 is 4.39 Å². The molecule has 0 radical (unpaired) electrons. The third-order valence-corrected chi connectivity index (χ3v) is 8.16. The van der Waals surface area contributed by atoms with Gasteiger partial charge in [0.15, 0.2) is 11.5 Å². The topological polar surface area (TPSA) is 110 Å². The maximum Gasteiger partial charge on any atom is 0.245 e. The third-order valence-electron chi connectivity index (χ3n) is 8.16. The van der Waals surface area contributed by atoms with Gasteiger partial charge in [-0.25, -0.2) is 28.8 Å². The number of halogens is 1. The van der Waals surface area contributed by atoms with Crippen LogP contribution in [0.3, 0.4) is 0 Å². The first kappa shape index (κ1) is 25.1. The number of pyridine rings is 2. The van der Waals surface area contributed by atoms with Gasteiger partial charge in [0.05, 0.1) is 11.2 Å². The van der Waals surface area contributed by atoms with E-state index in [0.717, 1.165) is 37.2 Å². The summed E-state index contributed by atoms with van der Waals surface area (Å²) in [6.45, 7) is 7.00. The summed E-state index contributed by atoms with van der Waals surface area (Å²) in [6, 6.07) is 10.5. The van der Waals surface area contributed by atoms with Crippen molar-refractivity contribution < 1.29 is 13.9 Å². The highest BCUT2D eigenvalue weighted by molar-refractivity contribution is 5.88. The summed E-state index contributed by atoms with van der Waals surface area (Å²) in [4.78, 5) is 31.8. The largest absolute Gasteiger partial charge is 0.457 e. The van der Waals surface area contributed by atoms with Crippen molar-refractivity contribution in [1.82, 2.24) is 34.4 Å². The van der Waals surface area contributed by atoms with Crippen LogP contribution in [0.15, 0.2) is 67.9 Å². The Morgan fingerprint density at radius 3 is 2.73 bits per heavy atom. The lowest BCUT2D eigenvalue weighted by molar-refractivity contribution is -0.125. The van der Waals surface area contributed by atoms with Gasteiger partial charge in [0.25, 0.3) is 0 Å². The number of aryl methyl sites for hydroxylation is 1. The highest BCUT2D eigenvalue weighted by Gasteiger charge is 2.42. The van der Waals surface area contributed by atoms with E-state index in [2.05, 4.69) is 31.9 Å². The molecule has 1 aliphatic heterocycles. The van der Waals surface area contributed by atoms with Crippen LogP contribution in [0.1, 0.15) is 30.0 Å². The molecule has 1 saturated heterocycles. The minimum Gasteiger partial charge on any atom is -0.457 e. The van der Waals surface area contributed by atoms with Crippen molar-refractivity contribution in [3.05, 3.63) is 85.0 Å². The van der Waals surface area contributed by atoms with Crippen LogP contribution < -0.4 is 10.1 Å². The molecule has 1 aromatic carbocycles. The first-order valence-corrected chi connectivity index (χ1v) is 13.5. The lowest BCUT2D eigenvalue weighted by Gasteiger charge is -2.18. The lowest BCUT2D eigenvalue weighted by Crippen LogP contribution is -2.27. The normalized spacial score (nSPS) is 20.0. The second-order valence-corrected chi connectivity index (χ2v) is 10.7. The first-order valence-electron chi connectivity index (χ1n) is 13.5. The molecule has 1 saturated carbocycles. The fourth-order valence-electron chi connectivity index (χ4n) is 6.11. The van der Waals surface area contributed by atoms with Crippen molar-refractivity contribution >= 4 is 34.1 Å². The Morgan fingerprint density at radius 2 is 1.93 bits per heavy atom. The van der Waals surface area contributed by atoms with Gasteiger partial charge >= 0.3 is 0 Å². The molecular formula is C30H27FN8O2. The predicted octanol–water partition coefficient (Wildman–Crippen LogP) is 5.19. The summed E-state index contributed by atoms with van der Waals surface area (Å²) >= 11 is 0. The Hall–Kier alpha value is -4.93. The fraction of sp³-hybridized carbons (Fsp3) is 0.267. The second kappa shape index (κ2) is 9.92. The van der Waals surface area contributed by atoms with Crippen LogP contribution in [0, 0.1) is 24.6 Å². The molecular weight excluding hydrogens is 523 g/mol. The van der Waals surface area contributed by atoms with Crippen molar-refractivity contribution in [1.29, 1.82) is 0 Å². The zero-order chi connectivity index (χ0) is 28.1. The molecule has 2 unspecified atom stereocenters. The van der Waals surface area contributed by atoms with Crippen LogP contribution in [0.25, 0.3) is 16.7 Å². The number of carbonyl (C=O) groups excluding carboxylic acids is 1. The molecule has 5 aromatic rings. The number of nitrogens with one attached hydrogen (secondary N) is 1. The summed E-state index contributed by atoms with van der Waals surface area (Å²) in [5, 5.41) is 7.21. The van der Waals surface area contributed by atoms with Gasteiger partial charge in [0, 0.05) is 43.0 Å². The number of aromatic nitrogens is 6. The van der Waals surface area contributed by atoms with Gasteiger partial charge in [-0.05, 0) is 67.5 Å². The number of fused-ring (bicyclic) bond motifs is 3. The first-order chi connectivity index (χ1) is 19.9. The highest BCUT2D eigenvalue weighted by Crippen LogP contribution is 2.46. The molecule has 7 rings (SSSR count). The average Bonchev–Trinajstić information content (AvgIpc) is 3.70. The molecule has 0 spiro atoms. The fourth-order valence-corrected chi connectivity index (χ4v) is 6.11. The van der Waals surface area contributed by atoms with E-state index < -0.39 is 5.82 Å². The van der Waals surface area contributed by atoms with Gasteiger partial charge in [0.1, 0.15) is 35.5 Å². The SMILES string of the molecule is C=CC(=O)N1CC2CC(c3ccc4ncnc(Nc5cc(C)c(Oc6ccn7ncnc7c6)cc5F)c4n3)CC2C1. The molecule has 5 heterocycles. The van der Waals surface area contributed by atoms with Crippen molar-refractivity contribution in [3.63, 3.8) is 0 Å². The number of carbonyl (C=O) groups is 1. The van der Waals surface area contributed by atoms with Gasteiger partial charge in [0.2, 0.25) is 5.91 Å². The molecule has 4 aromatic heterocycles. The van der Waals surface area contributed by atoms with Gasteiger partial charge in [-0.1, -0.05) is 6.58 Å². The number of hydrogen-bond acceptors (Lipinski definition) is 8. The minimum absolute atomic E-state index is 0.00286. The Labute approximate surface area is 234 Å². The minimum atomic E-state index is -0.487. The number of rotatable bonds is 6. The molecule has 2 atom stereocenters. The monoisotopic (exact) mass is 550 g/mol. The van der Waals surface area contributed by atoms with Crippen LogP contribution in [0.5, 0.6) is 11.5 Å². The molecule has 1 N–H and O–H groups in total. The molecule has 206 valence electrons. The van der Waals surface area contributed by atoms with E-state index in [4.69, 9.17) is 9.72 Å². The molecule has 11 heteroatoms. The Morgan fingerprint density at radius 1 is 1.10 bits per heavy atom. The number of amides is 1. The van der Waals surface area contributed by atoms with Crippen LogP contribution in [-0.2, 0) is 4.79 Å². The summed E-state index contributed by atoms with van der Waals surface area (Å²) in [5.74, 6) is 2.08. The van der Waals surface area contributed by atoms with E-state index in [9.17, 15) is 4.79 Å². The van der Waals surface area contributed by atoms with Gasteiger partial charge in [-0.15, -0.1) is 0 Å². The van der Waals surface area contributed by atoms with Crippen molar-refractivity contribution in [3.8, 4) is 11.5 Å². The average molecular weight is 551 g/mol. The van der Waals surface area contributed by atoms with E-state index in [1.54, 1.807) is 28.9 Å². The molecule has 41 heavy (non-hydrogen) atoms. The Kier molecular flexibility index (Phi) is 6.06. The van der Waals surface area contributed by atoms with E-state index in [-0.39, 0.29) is 17.5 Å².